The van der Waals surface area contributed by atoms with Gasteiger partial charge < -0.3 is 9.80 Å². The average Bonchev–Trinajstić information content (AvgIpc) is 3.42. The van der Waals surface area contributed by atoms with E-state index in [4.69, 9.17) is 0 Å². The van der Waals surface area contributed by atoms with Gasteiger partial charge in [0.1, 0.15) is 0 Å². The first-order valence-corrected chi connectivity index (χ1v) is 9.71. The predicted octanol–water partition coefficient (Wildman–Crippen LogP) is 4.14. The molecule has 1 aliphatic carbocycles. The van der Waals surface area contributed by atoms with E-state index in [2.05, 4.69) is 79.1 Å². The van der Waals surface area contributed by atoms with E-state index in [-0.39, 0.29) is 5.92 Å². The van der Waals surface area contributed by atoms with Crippen molar-refractivity contribution >= 4 is 11.6 Å². The molecule has 2 aromatic carbocycles. The van der Waals surface area contributed by atoms with Crippen LogP contribution in [-0.4, -0.2) is 36.5 Å². The first-order valence-electron chi connectivity index (χ1n) is 9.71. The number of benzene rings is 2. The molecule has 0 radical (unpaired) electrons. The van der Waals surface area contributed by atoms with E-state index in [1.807, 2.05) is 0 Å². The average molecular weight is 348 g/mol. The summed E-state index contributed by atoms with van der Waals surface area (Å²) in [4.78, 5) is 17.5. The maximum absolute atomic E-state index is 13.0. The minimum absolute atomic E-state index is 0.190. The smallest absolute Gasteiger partial charge is 0.226 e. The molecule has 26 heavy (non-hydrogen) atoms. The van der Waals surface area contributed by atoms with Crippen LogP contribution in [0.1, 0.15) is 36.0 Å². The van der Waals surface area contributed by atoms with Crippen LogP contribution in [0.5, 0.6) is 0 Å². The number of hydrogen-bond acceptors (Lipinski definition) is 2. The molecular weight excluding hydrogens is 320 g/mol. The summed E-state index contributed by atoms with van der Waals surface area (Å²) < 4.78 is 0. The zero-order chi connectivity index (χ0) is 18.3. The molecule has 0 aromatic heterocycles. The van der Waals surface area contributed by atoms with Gasteiger partial charge in [0.15, 0.2) is 0 Å². The molecule has 2 aliphatic rings. The second kappa shape index (κ2) is 6.79. The Morgan fingerprint density at radius 1 is 1.00 bits per heavy atom. The van der Waals surface area contributed by atoms with Crippen LogP contribution in [0.25, 0.3) is 0 Å². The van der Waals surface area contributed by atoms with E-state index in [0.29, 0.717) is 17.9 Å². The third-order valence-electron chi connectivity index (χ3n) is 5.89. The quantitative estimate of drug-likeness (QED) is 0.832. The van der Waals surface area contributed by atoms with Crippen LogP contribution >= 0.6 is 0 Å². The molecule has 0 bridgehead atoms. The van der Waals surface area contributed by atoms with Gasteiger partial charge in [0.2, 0.25) is 5.91 Å². The van der Waals surface area contributed by atoms with E-state index in [9.17, 15) is 4.79 Å². The molecule has 3 heteroatoms. The minimum atomic E-state index is 0.190. The fourth-order valence-corrected chi connectivity index (χ4v) is 4.23. The fraction of sp³-hybridized carbons (Fsp3) is 0.435. The van der Waals surface area contributed by atoms with Gasteiger partial charge in [-0.2, -0.15) is 0 Å². The molecule has 4 rings (SSSR count). The molecule has 2 fully saturated rings. The van der Waals surface area contributed by atoms with E-state index >= 15 is 0 Å². The molecule has 0 spiro atoms. The van der Waals surface area contributed by atoms with Gasteiger partial charge in [-0.05, 0) is 56.4 Å². The van der Waals surface area contributed by atoms with Crippen LogP contribution in [0.4, 0.5) is 5.69 Å². The molecule has 1 aliphatic heterocycles. The molecule has 3 atom stereocenters. The third-order valence-corrected chi connectivity index (χ3v) is 5.89. The minimum Gasteiger partial charge on any atom is -0.365 e. The number of aryl methyl sites for hydroxylation is 2. The van der Waals surface area contributed by atoms with Crippen LogP contribution in [-0.2, 0) is 4.79 Å². The van der Waals surface area contributed by atoms with E-state index in [1.165, 1.54) is 22.4 Å². The maximum Gasteiger partial charge on any atom is 0.226 e. The highest BCUT2D eigenvalue weighted by Gasteiger charge is 2.46. The van der Waals surface area contributed by atoms with Crippen molar-refractivity contribution < 1.29 is 4.79 Å². The largest absolute Gasteiger partial charge is 0.365 e. The topological polar surface area (TPSA) is 23.6 Å². The van der Waals surface area contributed by atoms with Crippen LogP contribution in [0.2, 0.25) is 0 Å². The SMILES string of the molecule is Cc1ccc(C2CC2C(=O)N2CCN(c3cccc(C)c3)C(C)C2)cc1. The molecule has 0 N–H and O–H groups in total. The molecule has 1 amide bonds. The Labute approximate surface area is 156 Å². The summed E-state index contributed by atoms with van der Waals surface area (Å²) in [5.74, 6) is 0.968. The first-order chi connectivity index (χ1) is 12.5. The maximum atomic E-state index is 13.0. The van der Waals surface area contributed by atoms with E-state index in [1.54, 1.807) is 0 Å². The second-order valence-corrected chi connectivity index (χ2v) is 8.03. The van der Waals surface area contributed by atoms with E-state index < -0.39 is 0 Å². The normalized spacial score (nSPS) is 25.3. The molecule has 1 saturated carbocycles. The summed E-state index contributed by atoms with van der Waals surface area (Å²) in [7, 11) is 0. The van der Waals surface area contributed by atoms with Crippen molar-refractivity contribution in [3.63, 3.8) is 0 Å². The summed E-state index contributed by atoms with van der Waals surface area (Å²) >= 11 is 0. The number of carbonyl (C=O) groups excluding carboxylic acids is 1. The highest BCUT2D eigenvalue weighted by atomic mass is 16.2. The Bertz CT molecular complexity index is 798. The van der Waals surface area contributed by atoms with Crippen molar-refractivity contribution in [2.24, 2.45) is 5.92 Å². The Hall–Kier alpha value is -2.29. The van der Waals surface area contributed by atoms with Gasteiger partial charge in [0.25, 0.3) is 0 Å². The number of anilines is 1. The number of hydrogen-bond donors (Lipinski definition) is 0. The van der Waals surface area contributed by atoms with E-state index in [0.717, 1.165) is 26.1 Å². The lowest BCUT2D eigenvalue weighted by atomic mass is 10.1. The zero-order valence-corrected chi connectivity index (χ0v) is 16.0. The Kier molecular flexibility index (Phi) is 4.47. The molecule has 1 saturated heterocycles. The third kappa shape index (κ3) is 3.35. The van der Waals surface area contributed by atoms with Crippen molar-refractivity contribution in [3.05, 3.63) is 65.2 Å². The summed E-state index contributed by atoms with van der Waals surface area (Å²) in [6.07, 6.45) is 1.01. The van der Waals surface area contributed by atoms with Gasteiger partial charge in [-0.3, -0.25) is 4.79 Å². The number of nitrogens with zero attached hydrogens (tertiary/aromatic N) is 2. The first kappa shape index (κ1) is 17.1. The van der Waals surface area contributed by atoms with Gasteiger partial charge in [0, 0.05) is 37.3 Å². The Morgan fingerprint density at radius 3 is 2.46 bits per heavy atom. The van der Waals surface area contributed by atoms with Crippen molar-refractivity contribution in [2.75, 3.05) is 24.5 Å². The molecule has 3 nitrogen and oxygen atoms in total. The van der Waals surface area contributed by atoms with Crippen LogP contribution in [0, 0.1) is 19.8 Å². The number of amides is 1. The number of carbonyl (C=O) groups is 1. The van der Waals surface area contributed by atoms with Crippen LogP contribution < -0.4 is 4.90 Å². The summed E-state index contributed by atoms with van der Waals surface area (Å²) in [5, 5.41) is 0. The molecule has 3 unspecified atom stereocenters. The fourth-order valence-electron chi connectivity index (χ4n) is 4.23. The molecular formula is C23H28N2O. The molecule has 2 aromatic rings. The Balaban J connectivity index is 1.38. The van der Waals surface area contributed by atoms with Gasteiger partial charge in [-0.15, -0.1) is 0 Å². The standard InChI is InChI=1S/C23H28N2O/c1-16-7-9-19(10-8-16)21-14-22(21)23(26)24-11-12-25(18(3)15-24)20-6-4-5-17(2)13-20/h4-10,13,18,21-22H,11-12,14-15H2,1-3H3. The zero-order valence-electron chi connectivity index (χ0n) is 16.0. The van der Waals surface area contributed by atoms with Gasteiger partial charge in [0.05, 0.1) is 0 Å². The number of rotatable bonds is 3. The number of piperazine rings is 1. The van der Waals surface area contributed by atoms with Gasteiger partial charge in [-0.1, -0.05) is 42.0 Å². The van der Waals surface area contributed by atoms with Crippen molar-refractivity contribution in [2.45, 2.75) is 39.2 Å². The highest BCUT2D eigenvalue weighted by Crippen LogP contribution is 2.48. The van der Waals surface area contributed by atoms with Gasteiger partial charge in [-0.25, -0.2) is 0 Å². The second-order valence-electron chi connectivity index (χ2n) is 8.03. The van der Waals surface area contributed by atoms with Crippen LogP contribution in [0.3, 0.4) is 0 Å². The summed E-state index contributed by atoms with van der Waals surface area (Å²) in [5.41, 5.74) is 5.15. The van der Waals surface area contributed by atoms with Crippen LogP contribution in [0.15, 0.2) is 48.5 Å². The molecule has 1 heterocycles. The van der Waals surface area contributed by atoms with Crippen molar-refractivity contribution in [1.29, 1.82) is 0 Å². The van der Waals surface area contributed by atoms with Gasteiger partial charge >= 0.3 is 0 Å². The van der Waals surface area contributed by atoms with Crippen molar-refractivity contribution in [1.82, 2.24) is 4.90 Å². The summed E-state index contributed by atoms with van der Waals surface area (Å²) in [6, 6.07) is 17.7. The summed E-state index contributed by atoms with van der Waals surface area (Å²) in [6.45, 7) is 9.03. The monoisotopic (exact) mass is 348 g/mol. The highest BCUT2D eigenvalue weighted by molar-refractivity contribution is 5.83. The predicted molar refractivity (Wildman–Crippen MR) is 107 cm³/mol. The van der Waals surface area contributed by atoms with Crippen molar-refractivity contribution in [3.8, 4) is 0 Å². The lowest BCUT2D eigenvalue weighted by Crippen LogP contribution is -2.54. The lowest BCUT2D eigenvalue weighted by Gasteiger charge is -2.41. The Morgan fingerprint density at radius 2 is 1.77 bits per heavy atom. The molecule has 136 valence electrons. The lowest BCUT2D eigenvalue weighted by molar-refractivity contribution is -0.133.